The van der Waals surface area contributed by atoms with Crippen molar-refractivity contribution in [2.45, 2.75) is 32.2 Å². The second-order valence-corrected chi connectivity index (χ2v) is 4.65. The van der Waals surface area contributed by atoms with E-state index in [0.29, 0.717) is 12.8 Å². The number of benzene rings is 1. The number of urea groups is 1. The quantitative estimate of drug-likeness (QED) is 0.717. The Morgan fingerprint density at radius 3 is 2.85 bits per heavy atom. The highest BCUT2D eigenvalue weighted by atomic mass is 19.1. The van der Waals surface area contributed by atoms with E-state index in [-0.39, 0.29) is 37.2 Å². The molecule has 0 saturated carbocycles. The molecule has 0 aliphatic heterocycles. The third kappa shape index (κ3) is 5.97. The van der Waals surface area contributed by atoms with Crippen molar-refractivity contribution in [2.75, 3.05) is 13.2 Å². The monoisotopic (exact) mass is 286 g/mol. The first-order valence-corrected chi connectivity index (χ1v) is 6.62. The first-order valence-electron chi connectivity index (χ1n) is 6.62. The standard InChI is InChI=1S/C14H20F2N2O2/c1-10(3-2-8-19)18-14(20)17-7-6-11-9-12(15)4-5-13(11)16/h4-5,9-10,19H,2-3,6-8H2,1H3,(H2,17,18,20). The van der Waals surface area contributed by atoms with Gasteiger partial charge in [0, 0.05) is 19.2 Å². The minimum Gasteiger partial charge on any atom is -0.396 e. The topological polar surface area (TPSA) is 61.4 Å². The molecule has 3 N–H and O–H groups in total. The highest BCUT2D eigenvalue weighted by molar-refractivity contribution is 5.74. The van der Waals surface area contributed by atoms with E-state index in [4.69, 9.17) is 5.11 Å². The molecule has 2 amide bonds. The minimum absolute atomic E-state index is 0.0481. The number of aliphatic hydroxyl groups excluding tert-OH is 1. The zero-order valence-corrected chi connectivity index (χ0v) is 11.5. The predicted molar refractivity (Wildman–Crippen MR) is 72.4 cm³/mol. The summed E-state index contributed by atoms with van der Waals surface area (Å²) in [6.07, 6.45) is 1.53. The predicted octanol–water partition coefficient (Wildman–Crippen LogP) is 1.97. The first kappa shape index (κ1) is 16.4. The molecule has 20 heavy (non-hydrogen) atoms. The average Bonchev–Trinajstić information content (AvgIpc) is 2.40. The molecule has 1 rings (SSSR count). The van der Waals surface area contributed by atoms with Gasteiger partial charge in [0.15, 0.2) is 0 Å². The average molecular weight is 286 g/mol. The highest BCUT2D eigenvalue weighted by Crippen LogP contribution is 2.09. The van der Waals surface area contributed by atoms with Crippen LogP contribution in [0.15, 0.2) is 18.2 Å². The molecule has 1 aromatic rings. The molecule has 0 aliphatic carbocycles. The molecule has 6 heteroatoms. The molecule has 0 aromatic heterocycles. The largest absolute Gasteiger partial charge is 0.396 e. The van der Waals surface area contributed by atoms with Crippen LogP contribution >= 0.6 is 0 Å². The van der Waals surface area contributed by atoms with Crippen molar-refractivity contribution in [2.24, 2.45) is 0 Å². The molecule has 1 unspecified atom stereocenters. The fourth-order valence-electron chi connectivity index (χ4n) is 1.79. The van der Waals surface area contributed by atoms with Crippen molar-refractivity contribution < 1.29 is 18.7 Å². The van der Waals surface area contributed by atoms with Gasteiger partial charge >= 0.3 is 6.03 Å². The first-order chi connectivity index (χ1) is 9.52. The van der Waals surface area contributed by atoms with Gasteiger partial charge in [-0.05, 0) is 49.9 Å². The van der Waals surface area contributed by atoms with Crippen molar-refractivity contribution in [3.63, 3.8) is 0 Å². The second-order valence-electron chi connectivity index (χ2n) is 4.65. The van der Waals surface area contributed by atoms with E-state index in [1.54, 1.807) is 0 Å². The van der Waals surface area contributed by atoms with Crippen molar-refractivity contribution in [3.05, 3.63) is 35.4 Å². The molecule has 0 heterocycles. The Kier molecular flexibility index (Phi) is 6.93. The van der Waals surface area contributed by atoms with Gasteiger partial charge < -0.3 is 15.7 Å². The third-order valence-corrected chi connectivity index (χ3v) is 2.86. The Morgan fingerprint density at radius 2 is 2.15 bits per heavy atom. The molecule has 112 valence electrons. The number of rotatable bonds is 7. The molecule has 0 radical (unpaired) electrons. The fraction of sp³-hybridized carbons (Fsp3) is 0.500. The summed E-state index contributed by atoms with van der Waals surface area (Å²) in [4.78, 5) is 11.5. The maximum absolute atomic E-state index is 13.3. The Morgan fingerprint density at radius 1 is 1.40 bits per heavy atom. The molecular weight excluding hydrogens is 266 g/mol. The summed E-state index contributed by atoms with van der Waals surface area (Å²) >= 11 is 0. The number of nitrogens with one attached hydrogen (secondary N) is 2. The second kappa shape index (κ2) is 8.47. The van der Waals surface area contributed by atoms with Gasteiger partial charge in [0.25, 0.3) is 0 Å². The van der Waals surface area contributed by atoms with Crippen LogP contribution in [0.4, 0.5) is 13.6 Å². The van der Waals surface area contributed by atoms with Crippen LogP contribution in [0.25, 0.3) is 0 Å². The van der Waals surface area contributed by atoms with Crippen LogP contribution in [0, 0.1) is 11.6 Å². The van der Waals surface area contributed by atoms with Crippen LogP contribution in [0.2, 0.25) is 0 Å². The maximum atomic E-state index is 13.3. The van der Waals surface area contributed by atoms with E-state index in [2.05, 4.69) is 10.6 Å². The number of aliphatic hydroxyl groups is 1. The van der Waals surface area contributed by atoms with E-state index >= 15 is 0 Å². The third-order valence-electron chi connectivity index (χ3n) is 2.86. The van der Waals surface area contributed by atoms with Crippen molar-refractivity contribution >= 4 is 6.03 Å². The number of hydrogen-bond donors (Lipinski definition) is 3. The minimum atomic E-state index is -0.497. The van der Waals surface area contributed by atoms with Crippen molar-refractivity contribution in [1.82, 2.24) is 10.6 Å². The molecule has 0 spiro atoms. The lowest BCUT2D eigenvalue weighted by molar-refractivity contribution is 0.234. The van der Waals surface area contributed by atoms with Crippen LogP contribution in [0.3, 0.4) is 0 Å². The van der Waals surface area contributed by atoms with Crippen molar-refractivity contribution in [1.29, 1.82) is 0 Å². The summed E-state index contributed by atoms with van der Waals surface area (Å²) in [6.45, 7) is 2.15. The van der Waals surface area contributed by atoms with Gasteiger partial charge in [0.05, 0.1) is 0 Å². The maximum Gasteiger partial charge on any atom is 0.315 e. The number of halogens is 2. The smallest absolute Gasteiger partial charge is 0.315 e. The van der Waals surface area contributed by atoms with Gasteiger partial charge in [-0.25, -0.2) is 13.6 Å². The molecule has 0 saturated heterocycles. The molecule has 0 aliphatic rings. The number of hydrogen-bond acceptors (Lipinski definition) is 2. The molecular formula is C14H20F2N2O2. The summed E-state index contributed by atoms with van der Waals surface area (Å²) < 4.78 is 26.3. The molecule has 1 aromatic carbocycles. The van der Waals surface area contributed by atoms with Crippen LogP contribution in [0.1, 0.15) is 25.3 Å². The Labute approximate surface area is 117 Å². The lowest BCUT2D eigenvalue weighted by atomic mass is 10.1. The number of carbonyl (C=O) groups excluding carboxylic acids is 1. The van der Waals surface area contributed by atoms with Gasteiger partial charge in [0.1, 0.15) is 11.6 Å². The van der Waals surface area contributed by atoms with Gasteiger partial charge in [0.2, 0.25) is 0 Å². The summed E-state index contributed by atoms with van der Waals surface area (Å²) in [5.41, 5.74) is 0.235. The fourth-order valence-corrected chi connectivity index (χ4v) is 1.79. The molecule has 1 atom stereocenters. The Hall–Kier alpha value is -1.69. The SMILES string of the molecule is CC(CCCO)NC(=O)NCCc1cc(F)ccc1F. The van der Waals surface area contributed by atoms with Crippen LogP contribution in [-0.4, -0.2) is 30.3 Å². The van der Waals surface area contributed by atoms with E-state index in [1.807, 2.05) is 6.92 Å². The van der Waals surface area contributed by atoms with Gasteiger partial charge in [-0.3, -0.25) is 0 Å². The van der Waals surface area contributed by atoms with Gasteiger partial charge in [-0.15, -0.1) is 0 Å². The van der Waals surface area contributed by atoms with E-state index in [9.17, 15) is 13.6 Å². The highest BCUT2D eigenvalue weighted by Gasteiger charge is 2.07. The zero-order valence-electron chi connectivity index (χ0n) is 11.5. The van der Waals surface area contributed by atoms with E-state index in [1.165, 1.54) is 0 Å². The van der Waals surface area contributed by atoms with Crippen LogP contribution in [-0.2, 0) is 6.42 Å². The molecule has 0 fully saturated rings. The van der Waals surface area contributed by atoms with Crippen molar-refractivity contribution in [3.8, 4) is 0 Å². The lowest BCUT2D eigenvalue weighted by Gasteiger charge is -2.14. The zero-order chi connectivity index (χ0) is 15.0. The summed E-state index contributed by atoms with van der Waals surface area (Å²) in [5.74, 6) is -0.978. The van der Waals surface area contributed by atoms with Gasteiger partial charge in [-0.2, -0.15) is 0 Å². The Balaban J connectivity index is 2.29. The molecule has 4 nitrogen and oxygen atoms in total. The number of carbonyl (C=O) groups is 1. The van der Waals surface area contributed by atoms with Crippen LogP contribution in [0.5, 0.6) is 0 Å². The summed E-state index contributed by atoms with van der Waals surface area (Å²) in [5, 5.41) is 14.0. The normalized spacial score (nSPS) is 12.0. The summed E-state index contributed by atoms with van der Waals surface area (Å²) in [7, 11) is 0. The Bertz CT molecular complexity index is 441. The molecule has 0 bridgehead atoms. The van der Waals surface area contributed by atoms with Crippen LogP contribution < -0.4 is 10.6 Å². The van der Waals surface area contributed by atoms with E-state index < -0.39 is 11.6 Å². The number of amides is 2. The lowest BCUT2D eigenvalue weighted by Crippen LogP contribution is -2.41. The summed E-state index contributed by atoms with van der Waals surface area (Å²) in [6, 6.07) is 2.85. The van der Waals surface area contributed by atoms with E-state index in [0.717, 1.165) is 18.2 Å². The van der Waals surface area contributed by atoms with Gasteiger partial charge in [-0.1, -0.05) is 0 Å².